The average molecular weight is 991 g/mol. The zero-order valence-electron chi connectivity index (χ0n) is 43.0. The zero-order valence-corrected chi connectivity index (χ0v) is 43.0. The van der Waals surface area contributed by atoms with Crippen LogP contribution in [0.5, 0.6) is 0 Å². The Kier molecular flexibility index (Phi) is 16.9. The van der Waals surface area contributed by atoms with E-state index in [1.807, 2.05) is 50.6 Å². The number of carboxylic acid groups (broad SMARTS) is 1. The molecule has 12 heteroatoms. The highest BCUT2D eigenvalue weighted by Gasteiger charge is 2.34. The molecule has 3 N–H and O–H groups in total. The number of aliphatic hydroxyl groups excluding tert-OH is 2. The summed E-state index contributed by atoms with van der Waals surface area (Å²) in [4.78, 5) is 30.1. The topological polar surface area (TPSA) is 148 Å². The van der Waals surface area contributed by atoms with Crippen molar-refractivity contribution in [1.82, 2.24) is 19.9 Å². The predicted octanol–water partition coefficient (Wildman–Crippen LogP) is 13.1. The molecule has 2 aliphatic carbocycles. The Labute approximate surface area is 428 Å². The Balaban J connectivity index is 0.000000195. The first-order valence-corrected chi connectivity index (χ1v) is 25.8. The number of pyridine rings is 4. The third-order valence-electron chi connectivity index (χ3n) is 13.9. The summed E-state index contributed by atoms with van der Waals surface area (Å²) in [5, 5.41) is 29.3. The summed E-state index contributed by atoms with van der Waals surface area (Å²) in [5.41, 5.74) is 16.5. The lowest BCUT2D eigenvalue weighted by atomic mass is 9.86. The molecular formula is C61H68F2N4O6. The van der Waals surface area contributed by atoms with Gasteiger partial charge in [-0.05, 0) is 152 Å². The number of carboxylic acids is 1. The van der Waals surface area contributed by atoms with Crippen LogP contribution < -0.4 is 0 Å². The van der Waals surface area contributed by atoms with Crippen LogP contribution in [-0.2, 0) is 40.0 Å². The maximum atomic E-state index is 14.0. The van der Waals surface area contributed by atoms with Gasteiger partial charge in [-0.1, -0.05) is 83.2 Å². The summed E-state index contributed by atoms with van der Waals surface area (Å²) < 4.78 is 40.2. The molecule has 0 bridgehead atoms. The van der Waals surface area contributed by atoms with E-state index in [1.54, 1.807) is 42.6 Å². The Hall–Kier alpha value is -6.31. The van der Waals surface area contributed by atoms with E-state index in [4.69, 9.17) is 24.5 Å². The Morgan fingerprint density at radius 3 is 1.68 bits per heavy atom. The van der Waals surface area contributed by atoms with Crippen LogP contribution >= 0.6 is 0 Å². The van der Waals surface area contributed by atoms with Gasteiger partial charge in [-0.3, -0.25) is 24.7 Å². The molecule has 2 aromatic carbocycles. The van der Waals surface area contributed by atoms with E-state index >= 15 is 0 Å². The van der Waals surface area contributed by atoms with Gasteiger partial charge in [0.15, 0.2) is 5.79 Å². The van der Waals surface area contributed by atoms with Crippen LogP contribution in [0.1, 0.15) is 144 Å². The van der Waals surface area contributed by atoms with E-state index < -0.39 is 30.4 Å². The van der Waals surface area contributed by atoms with E-state index in [1.165, 1.54) is 28.8 Å². The summed E-state index contributed by atoms with van der Waals surface area (Å²) >= 11 is 0. The molecule has 6 aromatic rings. The summed E-state index contributed by atoms with van der Waals surface area (Å²) in [6.45, 7) is 14.6. The number of hydrogen-bond donors (Lipinski definition) is 3. The molecule has 5 heterocycles. The van der Waals surface area contributed by atoms with Gasteiger partial charge in [-0.25, -0.2) is 8.78 Å². The molecule has 10 nitrogen and oxygen atoms in total. The van der Waals surface area contributed by atoms with Gasteiger partial charge in [0.1, 0.15) is 11.6 Å². The molecule has 4 atom stereocenters. The van der Waals surface area contributed by atoms with Crippen LogP contribution in [0.2, 0.25) is 0 Å². The standard InChI is InChI=1S/C32H37FN2O2.C29H31FN2O4/c1-6-24-18-25(37-32(4,5)36-24)14-15-27-29(22-10-12-23(33)13-11-22)26-9-7-8-21-16-17-34-19-28(21)31(26)35-30(27)20(2)3;1-17(2)28-24(11-10-21(33)14-22(34)15-26(35)36)27(19-6-8-20(30)9-7-19)23-5-3-4-18-12-13-31-16-25(18)29(23)32-28/h10-17,19-20,24-25H,6-9,18H2,1-5H3;6-13,16-17,21-22,33-34H,3-5,14-15H2,1-2H3,(H,35,36)/b15-14+;11-10+/t24-,25+;21-,22-/m01/s1. The van der Waals surface area contributed by atoms with Crippen molar-refractivity contribution in [2.24, 2.45) is 0 Å². The number of aromatic nitrogens is 4. The van der Waals surface area contributed by atoms with Crippen LogP contribution in [0.25, 0.3) is 56.9 Å². The molecular weight excluding hydrogens is 923 g/mol. The lowest BCUT2D eigenvalue weighted by molar-refractivity contribution is -0.290. The molecule has 382 valence electrons. The highest BCUT2D eigenvalue weighted by Crippen LogP contribution is 2.44. The number of rotatable bonds is 13. The second-order valence-electron chi connectivity index (χ2n) is 20.5. The van der Waals surface area contributed by atoms with Gasteiger partial charge in [0.2, 0.25) is 0 Å². The second kappa shape index (κ2) is 23.3. The molecule has 3 aliphatic rings. The summed E-state index contributed by atoms with van der Waals surface area (Å²) in [5.74, 6) is -2.06. The number of benzene rings is 2. The molecule has 0 amide bonds. The van der Waals surface area contributed by atoms with E-state index in [0.717, 1.165) is 124 Å². The number of hydrogen-bond acceptors (Lipinski definition) is 9. The number of ether oxygens (including phenoxy) is 2. The van der Waals surface area contributed by atoms with Crippen molar-refractivity contribution >= 4 is 18.1 Å². The first-order valence-electron chi connectivity index (χ1n) is 25.8. The molecule has 4 aromatic heterocycles. The largest absolute Gasteiger partial charge is 0.481 e. The SMILES string of the molecule is CC(C)c1nc2c(c(-c3ccc(F)cc3)c1/C=C/[C@@H](O)C[C@@H](O)CC(=O)O)CCCc1ccncc1-2.CC[C@H]1C[C@@H](/C=C/c2c(C(C)C)nc3c(c2-c2ccc(F)cc2)CCCc2ccncc2-3)OC(C)(C)O1. The van der Waals surface area contributed by atoms with Gasteiger partial charge in [0.05, 0.1) is 53.6 Å². The number of fused-ring (bicyclic) bond motifs is 6. The fourth-order valence-electron chi connectivity index (χ4n) is 10.5. The summed E-state index contributed by atoms with van der Waals surface area (Å²) in [6.07, 6.45) is 19.9. The molecule has 73 heavy (non-hydrogen) atoms. The minimum atomic E-state index is -1.16. The van der Waals surface area contributed by atoms with Gasteiger partial charge < -0.3 is 24.8 Å². The van der Waals surface area contributed by atoms with Gasteiger partial charge in [0.25, 0.3) is 0 Å². The van der Waals surface area contributed by atoms with Crippen LogP contribution in [0.3, 0.4) is 0 Å². The average Bonchev–Trinajstić information content (AvgIpc) is 3.66. The predicted molar refractivity (Wildman–Crippen MR) is 284 cm³/mol. The number of halogens is 2. The van der Waals surface area contributed by atoms with Gasteiger partial charge in [0, 0.05) is 59.9 Å². The van der Waals surface area contributed by atoms with Crippen molar-refractivity contribution in [2.75, 3.05) is 0 Å². The van der Waals surface area contributed by atoms with E-state index in [-0.39, 0.29) is 42.1 Å². The molecule has 0 radical (unpaired) electrons. The quantitative estimate of drug-likeness (QED) is 0.102. The number of nitrogens with zero attached hydrogens (tertiary/aromatic N) is 4. The molecule has 0 unspecified atom stereocenters. The third-order valence-corrected chi connectivity index (χ3v) is 13.9. The van der Waals surface area contributed by atoms with E-state index in [2.05, 4.69) is 62.8 Å². The second-order valence-corrected chi connectivity index (χ2v) is 20.5. The monoisotopic (exact) mass is 991 g/mol. The number of aryl methyl sites for hydroxylation is 2. The van der Waals surface area contributed by atoms with E-state index in [0.29, 0.717) is 0 Å². The minimum Gasteiger partial charge on any atom is -0.481 e. The molecule has 9 rings (SSSR count). The summed E-state index contributed by atoms with van der Waals surface area (Å²) in [7, 11) is 0. The van der Waals surface area contributed by atoms with Crippen LogP contribution in [0.4, 0.5) is 8.78 Å². The smallest absolute Gasteiger partial charge is 0.305 e. The third kappa shape index (κ3) is 12.6. The Bertz CT molecular complexity index is 2970. The lowest BCUT2D eigenvalue weighted by Crippen LogP contribution is -2.43. The zero-order chi connectivity index (χ0) is 52.0. The molecule has 0 saturated carbocycles. The van der Waals surface area contributed by atoms with Crippen LogP contribution in [0, 0.1) is 11.6 Å². The van der Waals surface area contributed by atoms with Crippen molar-refractivity contribution in [1.29, 1.82) is 0 Å². The van der Waals surface area contributed by atoms with Crippen molar-refractivity contribution < 1.29 is 38.4 Å². The van der Waals surface area contributed by atoms with Crippen molar-refractivity contribution in [3.05, 3.63) is 154 Å². The summed E-state index contributed by atoms with van der Waals surface area (Å²) in [6, 6.07) is 17.4. The molecule has 1 saturated heterocycles. The van der Waals surface area contributed by atoms with Crippen LogP contribution in [-0.4, -0.2) is 71.4 Å². The van der Waals surface area contributed by atoms with Gasteiger partial charge >= 0.3 is 5.97 Å². The van der Waals surface area contributed by atoms with E-state index in [9.17, 15) is 23.8 Å². The molecule has 1 fully saturated rings. The lowest BCUT2D eigenvalue weighted by Gasteiger charge is -2.39. The van der Waals surface area contributed by atoms with Crippen molar-refractivity contribution in [3.63, 3.8) is 0 Å². The highest BCUT2D eigenvalue weighted by atomic mass is 19.1. The van der Waals surface area contributed by atoms with Crippen molar-refractivity contribution in [3.8, 4) is 44.8 Å². The first kappa shape index (κ1) is 53.0. The van der Waals surface area contributed by atoms with Crippen LogP contribution in [0.15, 0.2) is 97.6 Å². The fraction of sp³-hybridized carbons (Fsp3) is 0.393. The maximum Gasteiger partial charge on any atom is 0.305 e. The fourth-order valence-corrected chi connectivity index (χ4v) is 10.5. The number of aliphatic hydroxyl groups is 2. The number of aliphatic carboxylic acids is 1. The molecule has 0 spiro atoms. The number of carbonyl (C=O) groups is 1. The maximum absolute atomic E-state index is 14.0. The highest BCUT2D eigenvalue weighted by molar-refractivity contribution is 5.87. The normalized spacial score (nSPS) is 18.0. The molecule has 1 aliphatic heterocycles. The van der Waals surface area contributed by atoms with Gasteiger partial charge in [-0.15, -0.1) is 0 Å². The Morgan fingerprint density at radius 2 is 1.22 bits per heavy atom. The minimum absolute atomic E-state index is 0.0484. The Morgan fingerprint density at radius 1 is 0.726 bits per heavy atom. The van der Waals surface area contributed by atoms with Crippen molar-refractivity contribution in [2.45, 2.75) is 155 Å². The van der Waals surface area contributed by atoms with Gasteiger partial charge in [-0.2, -0.15) is 0 Å². The first-order chi connectivity index (χ1) is 35.0.